The van der Waals surface area contributed by atoms with Gasteiger partial charge in [-0.2, -0.15) is 0 Å². The van der Waals surface area contributed by atoms with E-state index in [-0.39, 0.29) is 13.2 Å². The maximum Gasteiger partial charge on any atom is 0.316 e. The van der Waals surface area contributed by atoms with Crippen molar-refractivity contribution in [2.24, 2.45) is 5.41 Å². The van der Waals surface area contributed by atoms with Gasteiger partial charge in [0.2, 0.25) is 0 Å². The van der Waals surface area contributed by atoms with Crippen molar-refractivity contribution in [1.82, 2.24) is 0 Å². The molecule has 0 radical (unpaired) electrons. The second-order valence-corrected chi connectivity index (χ2v) is 5.11. The zero-order valence-corrected chi connectivity index (χ0v) is 11.5. The number of rotatable bonds is 5. The molecule has 1 saturated heterocycles. The number of carbonyl (C=O) groups is 1. The van der Waals surface area contributed by atoms with Crippen LogP contribution in [0.4, 0.5) is 5.69 Å². The SMILES string of the molecule is COc1ccc(C)cc1N(C)CC1(C(=O)O)COC1. The van der Waals surface area contributed by atoms with Crippen molar-refractivity contribution in [2.45, 2.75) is 6.92 Å². The summed E-state index contributed by atoms with van der Waals surface area (Å²) < 4.78 is 10.4. The second kappa shape index (κ2) is 5.09. The van der Waals surface area contributed by atoms with Crippen LogP contribution in [0.15, 0.2) is 18.2 Å². The first kappa shape index (κ1) is 13.7. The molecule has 104 valence electrons. The number of benzene rings is 1. The molecule has 1 N–H and O–H groups in total. The summed E-state index contributed by atoms with van der Waals surface area (Å²) in [7, 11) is 3.49. The molecule has 5 nitrogen and oxygen atoms in total. The molecular weight excluding hydrogens is 246 g/mol. The molecule has 0 spiro atoms. The van der Waals surface area contributed by atoms with Crippen molar-refractivity contribution in [3.05, 3.63) is 23.8 Å². The summed E-state index contributed by atoms with van der Waals surface area (Å²) in [6.45, 7) is 2.93. The Hall–Kier alpha value is -1.75. The highest BCUT2D eigenvalue weighted by Gasteiger charge is 2.47. The van der Waals surface area contributed by atoms with Crippen molar-refractivity contribution in [3.8, 4) is 5.75 Å². The molecule has 0 aromatic heterocycles. The molecule has 1 aromatic rings. The molecule has 1 fully saturated rings. The Morgan fingerprint density at radius 2 is 2.21 bits per heavy atom. The van der Waals surface area contributed by atoms with Crippen LogP contribution in [0.25, 0.3) is 0 Å². The van der Waals surface area contributed by atoms with E-state index in [1.54, 1.807) is 7.11 Å². The zero-order valence-electron chi connectivity index (χ0n) is 11.5. The van der Waals surface area contributed by atoms with Gasteiger partial charge in [-0.05, 0) is 24.6 Å². The summed E-state index contributed by atoms with van der Waals surface area (Å²) in [4.78, 5) is 13.3. The van der Waals surface area contributed by atoms with Gasteiger partial charge in [0.15, 0.2) is 0 Å². The normalized spacial score (nSPS) is 16.6. The molecule has 0 bridgehead atoms. The van der Waals surface area contributed by atoms with E-state index in [4.69, 9.17) is 9.47 Å². The van der Waals surface area contributed by atoms with Crippen LogP contribution in [-0.4, -0.2) is 45.0 Å². The molecule has 0 aliphatic carbocycles. The van der Waals surface area contributed by atoms with Crippen LogP contribution >= 0.6 is 0 Å². The van der Waals surface area contributed by atoms with Crippen molar-refractivity contribution >= 4 is 11.7 Å². The van der Waals surface area contributed by atoms with Gasteiger partial charge in [0.25, 0.3) is 0 Å². The van der Waals surface area contributed by atoms with E-state index >= 15 is 0 Å². The summed E-state index contributed by atoms with van der Waals surface area (Å²) >= 11 is 0. The van der Waals surface area contributed by atoms with Gasteiger partial charge in [0, 0.05) is 13.6 Å². The van der Waals surface area contributed by atoms with E-state index in [0.29, 0.717) is 6.54 Å². The first-order valence-corrected chi connectivity index (χ1v) is 6.15. The van der Waals surface area contributed by atoms with Gasteiger partial charge in [-0.15, -0.1) is 0 Å². The minimum atomic E-state index is -0.808. The first-order chi connectivity index (χ1) is 8.98. The summed E-state index contributed by atoms with van der Waals surface area (Å²) in [5.74, 6) is -0.0638. The van der Waals surface area contributed by atoms with Gasteiger partial charge >= 0.3 is 5.97 Å². The molecule has 0 amide bonds. The molecular formula is C14H19NO4. The molecule has 0 atom stereocenters. The fourth-order valence-electron chi connectivity index (χ4n) is 2.27. The van der Waals surface area contributed by atoms with Crippen molar-refractivity contribution in [3.63, 3.8) is 0 Å². The molecule has 2 rings (SSSR count). The van der Waals surface area contributed by atoms with Crippen LogP contribution in [0.2, 0.25) is 0 Å². The average molecular weight is 265 g/mol. The van der Waals surface area contributed by atoms with Crippen LogP contribution < -0.4 is 9.64 Å². The molecule has 1 heterocycles. The number of hydrogen-bond donors (Lipinski definition) is 1. The first-order valence-electron chi connectivity index (χ1n) is 6.15. The number of nitrogens with zero attached hydrogens (tertiary/aromatic N) is 1. The fourth-order valence-corrected chi connectivity index (χ4v) is 2.27. The smallest absolute Gasteiger partial charge is 0.316 e. The number of carboxylic acid groups (broad SMARTS) is 1. The lowest BCUT2D eigenvalue weighted by atomic mass is 9.85. The van der Waals surface area contributed by atoms with Gasteiger partial charge in [-0.25, -0.2) is 0 Å². The number of aliphatic carboxylic acids is 1. The Bertz CT molecular complexity index is 482. The van der Waals surface area contributed by atoms with E-state index < -0.39 is 11.4 Å². The lowest BCUT2D eigenvalue weighted by Crippen LogP contribution is -2.55. The largest absolute Gasteiger partial charge is 0.495 e. The fraction of sp³-hybridized carbons (Fsp3) is 0.500. The van der Waals surface area contributed by atoms with Gasteiger partial charge in [0.05, 0.1) is 26.0 Å². The Kier molecular flexibility index (Phi) is 3.66. The minimum absolute atomic E-state index is 0.265. The third kappa shape index (κ3) is 2.51. The van der Waals surface area contributed by atoms with E-state index in [1.807, 2.05) is 37.1 Å². The van der Waals surface area contributed by atoms with Gasteiger partial charge < -0.3 is 19.5 Å². The number of aryl methyl sites for hydroxylation is 1. The highest BCUT2D eigenvalue weighted by molar-refractivity contribution is 5.77. The van der Waals surface area contributed by atoms with Crippen LogP contribution in [0, 0.1) is 12.3 Å². The van der Waals surface area contributed by atoms with E-state index in [9.17, 15) is 9.90 Å². The lowest BCUT2D eigenvalue weighted by Gasteiger charge is -2.40. The lowest BCUT2D eigenvalue weighted by molar-refractivity contribution is -0.177. The van der Waals surface area contributed by atoms with Gasteiger partial charge in [0.1, 0.15) is 11.2 Å². The molecule has 5 heteroatoms. The second-order valence-electron chi connectivity index (χ2n) is 5.11. The highest BCUT2D eigenvalue weighted by atomic mass is 16.5. The molecule has 1 aliphatic heterocycles. The van der Waals surface area contributed by atoms with E-state index in [1.165, 1.54) is 0 Å². The van der Waals surface area contributed by atoms with E-state index in [0.717, 1.165) is 17.0 Å². The topological polar surface area (TPSA) is 59.0 Å². The molecule has 19 heavy (non-hydrogen) atoms. The predicted octanol–water partition coefficient (Wildman–Crippen LogP) is 1.54. The number of ether oxygens (including phenoxy) is 2. The average Bonchev–Trinajstić information content (AvgIpc) is 2.33. The Morgan fingerprint density at radius 3 is 2.68 bits per heavy atom. The van der Waals surface area contributed by atoms with Crippen LogP contribution in [0.5, 0.6) is 5.75 Å². The van der Waals surface area contributed by atoms with Gasteiger partial charge in [-0.3, -0.25) is 4.79 Å². The predicted molar refractivity (Wildman–Crippen MR) is 71.9 cm³/mol. The molecule has 1 aromatic carbocycles. The van der Waals surface area contributed by atoms with Crippen LogP contribution in [-0.2, 0) is 9.53 Å². The Balaban J connectivity index is 2.22. The maximum atomic E-state index is 11.4. The van der Waals surface area contributed by atoms with E-state index in [2.05, 4.69) is 0 Å². The van der Waals surface area contributed by atoms with Crippen LogP contribution in [0.3, 0.4) is 0 Å². The van der Waals surface area contributed by atoms with Crippen molar-refractivity contribution < 1.29 is 19.4 Å². The summed E-state index contributed by atoms with van der Waals surface area (Å²) in [5.41, 5.74) is 1.20. The standard InChI is InChI=1S/C14H19NO4/c1-10-4-5-12(18-3)11(6-10)15(2)7-14(13(16)17)8-19-9-14/h4-6H,7-9H2,1-3H3,(H,16,17). The highest BCUT2D eigenvalue weighted by Crippen LogP contribution is 2.34. The molecule has 1 aliphatic rings. The minimum Gasteiger partial charge on any atom is -0.495 e. The quantitative estimate of drug-likeness (QED) is 0.875. The number of methoxy groups -OCH3 is 1. The number of carboxylic acids is 1. The summed E-state index contributed by atoms with van der Waals surface area (Å²) in [6, 6.07) is 5.86. The maximum absolute atomic E-state index is 11.4. The summed E-state index contributed by atoms with van der Waals surface area (Å²) in [5, 5.41) is 9.32. The monoisotopic (exact) mass is 265 g/mol. The zero-order chi connectivity index (χ0) is 14.0. The van der Waals surface area contributed by atoms with Gasteiger partial charge in [-0.1, -0.05) is 6.07 Å². The third-order valence-electron chi connectivity index (χ3n) is 3.50. The third-order valence-corrected chi connectivity index (χ3v) is 3.50. The Labute approximate surface area is 112 Å². The molecule has 0 unspecified atom stereocenters. The van der Waals surface area contributed by atoms with Crippen molar-refractivity contribution in [2.75, 3.05) is 38.8 Å². The van der Waals surface area contributed by atoms with Crippen molar-refractivity contribution in [1.29, 1.82) is 0 Å². The molecule has 0 saturated carbocycles. The van der Waals surface area contributed by atoms with Crippen LogP contribution in [0.1, 0.15) is 5.56 Å². The number of hydrogen-bond acceptors (Lipinski definition) is 4. The number of anilines is 1. The Morgan fingerprint density at radius 1 is 1.53 bits per heavy atom. The summed E-state index contributed by atoms with van der Waals surface area (Å²) in [6.07, 6.45) is 0.